The Morgan fingerprint density at radius 2 is 2.16 bits per heavy atom. The number of benzene rings is 1. The average molecular weight is 255 g/mol. The molecule has 0 radical (unpaired) electrons. The zero-order valence-corrected chi connectivity index (χ0v) is 11.1. The molecule has 1 unspecified atom stereocenters. The molecule has 1 aromatic carbocycles. The van der Waals surface area contributed by atoms with E-state index < -0.39 is 0 Å². The van der Waals surface area contributed by atoms with Gasteiger partial charge in [0, 0.05) is 29.9 Å². The van der Waals surface area contributed by atoms with Crippen LogP contribution in [0.2, 0.25) is 0 Å². The van der Waals surface area contributed by atoms with E-state index in [1.165, 1.54) is 5.56 Å². The Labute approximate surface area is 112 Å². The van der Waals surface area contributed by atoms with Crippen LogP contribution < -0.4 is 10.5 Å². The van der Waals surface area contributed by atoms with Crippen LogP contribution in [-0.4, -0.2) is 9.97 Å². The van der Waals surface area contributed by atoms with Gasteiger partial charge in [-0.1, -0.05) is 18.2 Å². The molecule has 1 aliphatic rings. The molecule has 19 heavy (non-hydrogen) atoms. The lowest BCUT2D eigenvalue weighted by molar-refractivity contribution is 0.227. The first-order valence-corrected chi connectivity index (χ1v) is 6.48. The van der Waals surface area contributed by atoms with Gasteiger partial charge >= 0.3 is 0 Å². The van der Waals surface area contributed by atoms with E-state index in [0.717, 1.165) is 29.3 Å². The van der Waals surface area contributed by atoms with Gasteiger partial charge in [-0.05, 0) is 25.5 Å². The summed E-state index contributed by atoms with van der Waals surface area (Å²) in [5, 5.41) is 0. The van der Waals surface area contributed by atoms with Gasteiger partial charge in [-0.25, -0.2) is 9.97 Å². The van der Waals surface area contributed by atoms with Crippen molar-refractivity contribution < 1.29 is 4.74 Å². The summed E-state index contributed by atoms with van der Waals surface area (Å²) in [5.41, 5.74) is 9.00. The van der Waals surface area contributed by atoms with Crippen molar-refractivity contribution in [1.29, 1.82) is 0 Å². The van der Waals surface area contributed by atoms with Crippen LogP contribution in [0.4, 0.5) is 0 Å². The number of ether oxygens (including phenoxy) is 1. The minimum Gasteiger partial charge on any atom is -0.482 e. The molecule has 0 saturated carbocycles. The predicted octanol–water partition coefficient (Wildman–Crippen LogP) is 2.48. The van der Waals surface area contributed by atoms with Crippen LogP contribution in [0.15, 0.2) is 30.5 Å². The van der Waals surface area contributed by atoms with E-state index in [1.54, 1.807) is 0 Å². The molecule has 0 aliphatic carbocycles. The van der Waals surface area contributed by atoms with Gasteiger partial charge in [0.2, 0.25) is 0 Å². The van der Waals surface area contributed by atoms with E-state index in [2.05, 4.69) is 16.0 Å². The number of nitrogens with zero attached hydrogens (tertiary/aromatic N) is 2. The third-order valence-electron chi connectivity index (χ3n) is 3.46. The molecule has 2 atom stereocenters. The minimum atomic E-state index is -0.0850. The van der Waals surface area contributed by atoms with Crippen molar-refractivity contribution in [3.8, 4) is 5.75 Å². The van der Waals surface area contributed by atoms with Crippen molar-refractivity contribution in [2.45, 2.75) is 32.4 Å². The Kier molecular flexibility index (Phi) is 2.95. The fraction of sp³-hybridized carbons (Fsp3) is 0.333. The van der Waals surface area contributed by atoms with Crippen LogP contribution in [0.25, 0.3) is 0 Å². The average Bonchev–Trinajstić information content (AvgIpc) is 2.81. The van der Waals surface area contributed by atoms with Gasteiger partial charge in [0.1, 0.15) is 5.75 Å². The number of rotatable bonds is 2. The summed E-state index contributed by atoms with van der Waals surface area (Å²) in [6, 6.07) is 8.02. The Morgan fingerprint density at radius 3 is 2.84 bits per heavy atom. The lowest BCUT2D eigenvalue weighted by Gasteiger charge is -2.13. The molecule has 0 spiro atoms. The van der Waals surface area contributed by atoms with Crippen LogP contribution in [0.1, 0.15) is 41.7 Å². The standard InChI is InChI=1S/C15H17N3O/c1-9(16)12-8-17-15(18-10(12)2)14-7-11-5-3-4-6-13(11)19-14/h3-6,8-9,14H,7,16H2,1-2H3/t9-,14?/m0/s1. The molecule has 1 aromatic heterocycles. The molecular formula is C15H17N3O. The molecule has 2 aromatic rings. The fourth-order valence-corrected chi connectivity index (χ4v) is 2.42. The summed E-state index contributed by atoms with van der Waals surface area (Å²) in [7, 11) is 0. The SMILES string of the molecule is Cc1nc(C2Cc3ccccc3O2)ncc1[C@H](C)N. The third-order valence-corrected chi connectivity index (χ3v) is 3.46. The molecule has 1 aliphatic heterocycles. The second-order valence-electron chi connectivity index (χ2n) is 4.98. The molecule has 0 saturated heterocycles. The molecular weight excluding hydrogens is 238 g/mol. The Morgan fingerprint density at radius 1 is 1.37 bits per heavy atom. The molecule has 0 bridgehead atoms. The van der Waals surface area contributed by atoms with Crippen LogP contribution in [-0.2, 0) is 6.42 Å². The topological polar surface area (TPSA) is 61.0 Å². The zero-order chi connectivity index (χ0) is 13.4. The van der Waals surface area contributed by atoms with Gasteiger partial charge in [-0.2, -0.15) is 0 Å². The zero-order valence-electron chi connectivity index (χ0n) is 11.1. The third kappa shape index (κ3) is 2.19. The highest BCUT2D eigenvalue weighted by molar-refractivity contribution is 5.38. The molecule has 2 N–H and O–H groups in total. The van der Waals surface area contributed by atoms with E-state index >= 15 is 0 Å². The highest BCUT2D eigenvalue weighted by atomic mass is 16.5. The fourth-order valence-electron chi connectivity index (χ4n) is 2.42. The van der Waals surface area contributed by atoms with Crippen molar-refractivity contribution in [2.75, 3.05) is 0 Å². The highest BCUT2D eigenvalue weighted by Crippen LogP contribution is 2.35. The molecule has 0 fully saturated rings. The smallest absolute Gasteiger partial charge is 0.169 e. The molecule has 2 heterocycles. The maximum absolute atomic E-state index is 5.89. The Bertz CT molecular complexity index is 585. The second-order valence-corrected chi connectivity index (χ2v) is 4.98. The monoisotopic (exact) mass is 255 g/mol. The molecule has 4 heteroatoms. The van der Waals surface area contributed by atoms with Crippen molar-refractivity contribution in [1.82, 2.24) is 9.97 Å². The van der Waals surface area contributed by atoms with Crippen LogP contribution in [0, 0.1) is 6.92 Å². The number of aryl methyl sites for hydroxylation is 1. The van der Waals surface area contributed by atoms with Crippen LogP contribution in [0.3, 0.4) is 0 Å². The lowest BCUT2D eigenvalue weighted by Crippen LogP contribution is -2.14. The van der Waals surface area contributed by atoms with Gasteiger partial charge in [-0.3, -0.25) is 0 Å². The number of hydrogen-bond acceptors (Lipinski definition) is 4. The first kappa shape index (κ1) is 12.1. The van der Waals surface area contributed by atoms with Gasteiger partial charge in [-0.15, -0.1) is 0 Å². The quantitative estimate of drug-likeness (QED) is 0.895. The van der Waals surface area contributed by atoms with Gasteiger partial charge in [0.15, 0.2) is 11.9 Å². The summed E-state index contributed by atoms with van der Waals surface area (Å²) < 4.78 is 5.89. The van der Waals surface area contributed by atoms with E-state index in [0.29, 0.717) is 0 Å². The first-order chi connectivity index (χ1) is 9.15. The maximum atomic E-state index is 5.89. The number of hydrogen-bond donors (Lipinski definition) is 1. The number of fused-ring (bicyclic) bond motifs is 1. The van der Waals surface area contributed by atoms with E-state index in [4.69, 9.17) is 10.5 Å². The Balaban J connectivity index is 1.88. The molecule has 4 nitrogen and oxygen atoms in total. The molecule has 0 amide bonds. The van der Waals surface area contributed by atoms with Crippen molar-refractivity contribution in [2.24, 2.45) is 5.73 Å². The largest absolute Gasteiger partial charge is 0.482 e. The molecule has 3 rings (SSSR count). The van der Waals surface area contributed by atoms with E-state index in [9.17, 15) is 0 Å². The number of para-hydroxylation sites is 1. The summed E-state index contributed by atoms with van der Waals surface area (Å²) in [6.07, 6.45) is 2.56. The summed E-state index contributed by atoms with van der Waals surface area (Å²) in [6.45, 7) is 3.90. The van der Waals surface area contributed by atoms with E-state index in [-0.39, 0.29) is 12.1 Å². The van der Waals surface area contributed by atoms with Gasteiger partial charge in [0.05, 0.1) is 0 Å². The normalized spacial score (nSPS) is 18.8. The highest BCUT2D eigenvalue weighted by Gasteiger charge is 2.26. The summed E-state index contributed by atoms with van der Waals surface area (Å²) in [5.74, 6) is 1.67. The van der Waals surface area contributed by atoms with Crippen molar-refractivity contribution >= 4 is 0 Å². The van der Waals surface area contributed by atoms with Gasteiger partial charge < -0.3 is 10.5 Å². The maximum Gasteiger partial charge on any atom is 0.169 e. The minimum absolute atomic E-state index is 0.0456. The van der Waals surface area contributed by atoms with Crippen molar-refractivity contribution in [3.05, 3.63) is 53.1 Å². The summed E-state index contributed by atoms with van der Waals surface area (Å²) in [4.78, 5) is 8.95. The van der Waals surface area contributed by atoms with Crippen molar-refractivity contribution in [3.63, 3.8) is 0 Å². The van der Waals surface area contributed by atoms with E-state index in [1.807, 2.05) is 38.2 Å². The van der Waals surface area contributed by atoms with Crippen LogP contribution in [0.5, 0.6) is 5.75 Å². The predicted molar refractivity (Wildman–Crippen MR) is 72.9 cm³/mol. The first-order valence-electron chi connectivity index (χ1n) is 6.48. The second kappa shape index (κ2) is 4.63. The lowest BCUT2D eigenvalue weighted by atomic mass is 10.1. The Hall–Kier alpha value is -1.94. The van der Waals surface area contributed by atoms with Gasteiger partial charge in [0.25, 0.3) is 0 Å². The number of aromatic nitrogens is 2. The van der Waals surface area contributed by atoms with Crippen LogP contribution >= 0.6 is 0 Å². The molecule has 98 valence electrons. The number of nitrogens with two attached hydrogens (primary N) is 1. The summed E-state index contributed by atoms with van der Waals surface area (Å²) >= 11 is 0.